The van der Waals surface area contributed by atoms with Crippen molar-refractivity contribution in [3.8, 4) is 11.1 Å². The van der Waals surface area contributed by atoms with Gasteiger partial charge in [-0.15, -0.1) is 0 Å². The molecule has 0 aliphatic rings. The number of alkyl halides is 3. The lowest BCUT2D eigenvalue weighted by atomic mass is 9.97. The lowest BCUT2D eigenvalue weighted by molar-refractivity contribution is -0.145. The summed E-state index contributed by atoms with van der Waals surface area (Å²) in [6.45, 7) is 1.65. The van der Waals surface area contributed by atoms with Crippen molar-refractivity contribution in [1.29, 1.82) is 0 Å². The molecule has 0 radical (unpaired) electrons. The average Bonchev–Trinajstić information content (AvgIpc) is 2.73. The molecule has 0 aliphatic heterocycles. The van der Waals surface area contributed by atoms with Crippen molar-refractivity contribution in [2.45, 2.75) is 25.4 Å². The van der Waals surface area contributed by atoms with Crippen molar-refractivity contribution < 1.29 is 27.1 Å². The maximum absolute atomic E-state index is 14.5. The first-order valence-corrected chi connectivity index (χ1v) is 9.43. The highest BCUT2D eigenvalue weighted by Crippen LogP contribution is 2.29. The molecule has 2 nitrogen and oxygen atoms in total. The van der Waals surface area contributed by atoms with E-state index in [2.05, 4.69) is 0 Å². The van der Waals surface area contributed by atoms with Gasteiger partial charge in [-0.25, -0.2) is 4.39 Å². The smallest absolute Gasteiger partial charge is 0.416 e. The van der Waals surface area contributed by atoms with E-state index in [4.69, 9.17) is 4.74 Å². The predicted octanol–water partition coefficient (Wildman–Crippen LogP) is 6.40. The third-order valence-electron chi connectivity index (χ3n) is 4.85. The van der Waals surface area contributed by atoms with Gasteiger partial charge >= 0.3 is 12.1 Å². The van der Waals surface area contributed by atoms with E-state index in [1.54, 1.807) is 31.2 Å². The van der Waals surface area contributed by atoms with Crippen LogP contribution in [-0.2, 0) is 22.1 Å². The van der Waals surface area contributed by atoms with Crippen LogP contribution in [-0.4, -0.2) is 12.6 Å². The van der Waals surface area contributed by atoms with Crippen molar-refractivity contribution in [2.24, 2.45) is 0 Å². The highest BCUT2D eigenvalue weighted by Gasteiger charge is 2.29. The molecular weight excluding hydrogens is 396 g/mol. The molecule has 0 amide bonds. The van der Waals surface area contributed by atoms with Gasteiger partial charge in [0.2, 0.25) is 0 Å². The van der Waals surface area contributed by atoms with Gasteiger partial charge in [0.15, 0.2) is 0 Å². The third-order valence-corrected chi connectivity index (χ3v) is 4.85. The number of esters is 1. The largest absolute Gasteiger partial charge is 0.465 e. The number of hydrogen-bond acceptors (Lipinski definition) is 2. The molecule has 3 rings (SSSR count). The summed E-state index contributed by atoms with van der Waals surface area (Å²) in [5.74, 6) is -1.62. The highest BCUT2D eigenvalue weighted by atomic mass is 19.4. The second kappa shape index (κ2) is 9.11. The van der Waals surface area contributed by atoms with Crippen LogP contribution in [0.2, 0.25) is 0 Å². The molecule has 0 N–H and O–H groups in total. The van der Waals surface area contributed by atoms with Crippen LogP contribution in [0.25, 0.3) is 11.1 Å². The first kappa shape index (κ1) is 21.6. The molecule has 0 bridgehead atoms. The van der Waals surface area contributed by atoms with E-state index < -0.39 is 29.4 Å². The zero-order chi connectivity index (χ0) is 21.7. The van der Waals surface area contributed by atoms with E-state index in [-0.39, 0.29) is 13.0 Å². The van der Waals surface area contributed by atoms with Crippen LogP contribution in [0.3, 0.4) is 0 Å². The van der Waals surface area contributed by atoms with Crippen molar-refractivity contribution in [3.05, 3.63) is 95.3 Å². The number of carbonyl (C=O) groups excluding carboxylic acids is 1. The molecule has 0 saturated carbocycles. The molecule has 1 unspecified atom stereocenters. The Labute approximate surface area is 172 Å². The Bertz CT molecular complexity index is 996. The van der Waals surface area contributed by atoms with Crippen LogP contribution in [0, 0.1) is 5.82 Å². The molecule has 0 spiro atoms. The second-order valence-electron chi connectivity index (χ2n) is 6.94. The molecule has 0 aliphatic carbocycles. The summed E-state index contributed by atoms with van der Waals surface area (Å²) in [5, 5.41) is 0. The molecular formula is C24H20F4O2. The predicted molar refractivity (Wildman–Crippen MR) is 106 cm³/mol. The Morgan fingerprint density at radius 2 is 1.63 bits per heavy atom. The Balaban J connectivity index is 1.57. The van der Waals surface area contributed by atoms with E-state index >= 15 is 0 Å². The maximum Gasteiger partial charge on any atom is 0.416 e. The number of halogens is 4. The number of carbonyl (C=O) groups is 1. The Morgan fingerprint density at radius 1 is 0.967 bits per heavy atom. The topological polar surface area (TPSA) is 26.3 Å². The van der Waals surface area contributed by atoms with Gasteiger partial charge in [-0.05, 0) is 41.8 Å². The van der Waals surface area contributed by atoms with Crippen LogP contribution in [0.4, 0.5) is 17.6 Å². The molecule has 0 saturated heterocycles. The van der Waals surface area contributed by atoms with E-state index in [0.717, 1.165) is 17.7 Å². The zero-order valence-electron chi connectivity index (χ0n) is 16.2. The van der Waals surface area contributed by atoms with E-state index in [1.165, 1.54) is 18.2 Å². The first-order valence-electron chi connectivity index (χ1n) is 9.43. The van der Waals surface area contributed by atoms with Crippen LogP contribution in [0.5, 0.6) is 0 Å². The summed E-state index contributed by atoms with van der Waals surface area (Å²) in [6.07, 6.45) is -4.09. The molecule has 30 heavy (non-hydrogen) atoms. The van der Waals surface area contributed by atoms with Gasteiger partial charge in [0.1, 0.15) is 5.82 Å². The fourth-order valence-corrected chi connectivity index (χ4v) is 3.04. The van der Waals surface area contributed by atoms with E-state index in [9.17, 15) is 22.4 Å². The van der Waals surface area contributed by atoms with Gasteiger partial charge in [-0.3, -0.25) is 4.79 Å². The summed E-state index contributed by atoms with van der Waals surface area (Å²) < 4.78 is 57.5. The quantitative estimate of drug-likeness (QED) is 0.343. The van der Waals surface area contributed by atoms with Gasteiger partial charge in [-0.1, -0.05) is 54.6 Å². The molecule has 0 fully saturated rings. The molecule has 156 valence electrons. The minimum absolute atomic E-state index is 0.0269. The van der Waals surface area contributed by atoms with Crippen LogP contribution < -0.4 is 0 Å². The van der Waals surface area contributed by atoms with Gasteiger partial charge in [-0.2, -0.15) is 13.2 Å². The molecule has 3 aromatic rings. The molecule has 6 heteroatoms. The molecule has 0 aromatic heterocycles. The Morgan fingerprint density at radius 3 is 2.23 bits per heavy atom. The third kappa shape index (κ3) is 5.26. The van der Waals surface area contributed by atoms with Gasteiger partial charge < -0.3 is 4.74 Å². The summed E-state index contributed by atoms with van der Waals surface area (Å²) in [6, 6.07) is 18.4. The summed E-state index contributed by atoms with van der Waals surface area (Å²) >= 11 is 0. The lowest BCUT2D eigenvalue weighted by Crippen LogP contribution is -2.15. The molecule has 1 atom stereocenters. The maximum atomic E-state index is 14.5. The van der Waals surface area contributed by atoms with Crippen molar-refractivity contribution in [2.75, 3.05) is 6.61 Å². The van der Waals surface area contributed by atoms with Crippen LogP contribution >= 0.6 is 0 Å². The van der Waals surface area contributed by atoms with Crippen LogP contribution in [0.15, 0.2) is 72.8 Å². The Hall–Kier alpha value is -3.15. The molecule has 0 heterocycles. The van der Waals surface area contributed by atoms with Gasteiger partial charge in [0.05, 0.1) is 18.1 Å². The number of ether oxygens (including phenoxy) is 1. The van der Waals surface area contributed by atoms with E-state index in [1.807, 2.05) is 18.2 Å². The standard InChI is InChI=1S/C24H20F4O2/c1-16(19-9-12-21(22(25)15-19)18-5-3-2-4-6-18)23(29)30-14-13-17-7-10-20(11-8-17)24(26,27)28/h2-12,15-16H,13-14H2,1H3. The van der Waals surface area contributed by atoms with E-state index in [0.29, 0.717) is 16.7 Å². The fourth-order valence-electron chi connectivity index (χ4n) is 3.04. The average molecular weight is 416 g/mol. The van der Waals surface area contributed by atoms with Crippen molar-refractivity contribution >= 4 is 5.97 Å². The van der Waals surface area contributed by atoms with Crippen molar-refractivity contribution in [1.82, 2.24) is 0 Å². The lowest BCUT2D eigenvalue weighted by Gasteiger charge is -2.13. The fraction of sp³-hybridized carbons (Fsp3) is 0.208. The van der Waals surface area contributed by atoms with Gasteiger partial charge in [0, 0.05) is 12.0 Å². The minimum atomic E-state index is -4.38. The summed E-state index contributed by atoms with van der Waals surface area (Å²) in [5.41, 5.74) is 1.59. The monoisotopic (exact) mass is 416 g/mol. The van der Waals surface area contributed by atoms with Crippen LogP contribution in [0.1, 0.15) is 29.5 Å². The summed E-state index contributed by atoms with van der Waals surface area (Å²) in [4.78, 5) is 12.3. The highest BCUT2D eigenvalue weighted by molar-refractivity contribution is 5.78. The second-order valence-corrected chi connectivity index (χ2v) is 6.94. The number of rotatable bonds is 6. The van der Waals surface area contributed by atoms with Gasteiger partial charge in [0.25, 0.3) is 0 Å². The zero-order valence-corrected chi connectivity index (χ0v) is 16.2. The normalized spacial score (nSPS) is 12.4. The molecule has 3 aromatic carbocycles. The Kier molecular flexibility index (Phi) is 6.55. The summed E-state index contributed by atoms with van der Waals surface area (Å²) in [7, 11) is 0. The SMILES string of the molecule is CC(C(=O)OCCc1ccc(C(F)(F)F)cc1)c1ccc(-c2ccccc2)c(F)c1. The minimum Gasteiger partial charge on any atom is -0.465 e. The first-order chi connectivity index (χ1) is 14.3. The number of benzene rings is 3. The van der Waals surface area contributed by atoms with Crippen molar-refractivity contribution in [3.63, 3.8) is 0 Å². The number of hydrogen-bond donors (Lipinski definition) is 0.